The maximum absolute atomic E-state index is 12.8. The fourth-order valence-corrected chi connectivity index (χ4v) is 4.49. The number of anilines is 1. The van der Waals surface area contributed by atoms with Gasteiger partial charge in [-0.05, 0) is 56.2 Å². The normalized spacial score (nSPS) is 22.8. The van der Waals surface area contributed by atoms with Crippen molar-refractivity contribution in [1.29, 1.82) is 0 Å². The standard InChI is InChI=1S/C22H32ClN3O2/c1-16(2)8-12-25-14-22(10-7-20(25)27)9-4-11-26(15-22)21(28)24-18-6-5-17(3)19(23)13-18/h5-6,13,16H,4,7-12,14-15H2,1-3H3,(H,24,28). The molecule has 5 nitrogen and oxygen atoms in total. The van der Waals surface area contributed by atoms with Crippen molar-refractivity contribution in [3.05, 3.63) is 28.8 Å². The second-order valence-electron chi connectivity index (χ2n) is 8.92. The van der Waals surface area contributed by atoms with Crippen LogP contribution in [0.15, 0.2) is 18.2 Å². The lowest BCUT2D eigenvalue weighted by Crippen LogP contribution is -2.55. The molecule has 1 spiro atoms. The molecule has 0 aromatic heterocycles. The topological polar surface area (TPSA) is 52.7 Å². The number of hydrogen-bond donors (Lipinski definition) is 1. The zero-order valence-corrected chi connectivity index (χ0v) is 18.0. The van der Waals surface area contributed by atoms with Gasteiger partial charge in [0.05, 0.1) is 0 Å². The first-order valence-electron chi connectivity index (χ1n) is 10.4. The van der Waals surface area contributed by atoms with Crippen LogP contribution in [-0.2, 0) is 4.79 Å². The molecule has 154 valence electrons. The molecule has 6 heteroatoms. The largest absolute Gasteiger partial charge is 0.342 e. The molecule has 0 radical (unpaired) electrons. The predicted molar refractivity (Wildman–Crippen MR) is 114 cm³/mol. The maximum Gasteiger partial charge on any atom is 0.321 e. The number of piperidine rings is 2. The van der Waals surface area contributed by atoms with Crippen LogP contribution in [0.3, 0.4) is 0 Å². The average Bonchev–Trinajstić information content (AvgIpc) is 2.66. The maximum atomic E-state index is 12.8. The Morgan fingerprint density at radius 2 is 2.07 bits per heavy atom. The van der Waals surface area contributed by atoms with Crippen molar-refractivity contribution in [3.8, 4) is 0 Å². The molecule has 3 rings (SSSR count). The van der Waals surface area contributed by atoms with Gasteiger partial charge < -0.3 is 15.1 Å². The number of halogens is 1. The number of urea groups is 1. The molecular weight excluding hydrogens is 374 g/mol. The Bertz CT molecular complexity index is 736. The molecular formula is C22H32ClN3O2. The second-order valence-corrected chi connectivity index (χ2v) is 9.32. The van der Waals surface area contributed by atoms with E-state index in [0.29, 0.717) is 23.9 Å². The molecule has 0 saturated carbocycles. The zero-order valence-electron chi connectivity index (χ0n) is 17.3. The summed E-state index contributed by atoms with van der Waals surface area (Å²) in [6.07, 6.45) is 4.57. The van der Waals surface area contributed by atoms with Gasteiger partial charge in [0.2, 0.25) is 5.91 Å². The summed E-state index contributed by atoms with van der Waals surface area (Å²) in [4.78, 5) is 29.2. The minimum Gasteiger partial charge on any atom is -0.342 e. The Hall–Kier alpha value is -1.75. The van der Waals surface area contributed by atoms with Gasteiger partial charge in [-0.15, -0.1) is 0 Å². The highest BCUT2D eigenvalue weighted by molar-refractivity contribution is 6.31. The average molecular weight is 406 g/mol. The van der Waals surface area contributed by atoms with Crippen LogP contribution in [0, 0.1) is 18.3 Å². The van der Waals surface area contributed by atoms with Crippen molar-refractivity contribution < 1.29 is 9.59 Å². The molecule has 0 bridgehead atoms. The smallest absolute Gasteiger partial charge is 0.321 e. The van der Waals surface area contributed by atoms with Gasteiger partial charge in [-0.1, -0.05) is 31.5 Å². The molecule has 1 unspecified atom stereocenters. The van der Waals surface area contributed by atoms with E-state index in [1.807, 2.05) is 28.9 Å². The van der Waals surface area contributed by atoms with Crippen molar-refractivity contribution in [2.45, 2.75) is 52.9 Å². The number of carbonyl (C=O) groups is 2. The van der Waals surface area contributed by atoms with E-state index >= 15 is 0 Å². The molecule has 1 aromatic carbocycles. The van der Waals surface area contributed by atoms with E-state index in [0.717, 1.165) is 56.6 Å². The molecule has 1 atom stereocenters. The lowest BCUT2D eigenvalue weighted by molar-refractivity contribution is -0.139. The van der Waals surface area contributed by atoms with E-state index < -0.39 is 0 Å². The summed E-state index contributed by atoms with van der Waals surface area (Å²) in [5.74, 6) is 0.850. The number of amides is 3. The lowest BCUT2D eigenvalue weighted by Gasteiger charge is -2.48. The summed E-state index contributed by atoms with van der Waals surface area (Å²) in [7, 11) is 0. The fourth-order valence-electron chi connectivity index (χ4n) is 4.31. The molecule has 1 N–H and O–H groups in total. The number of hydrogen-bond acceptors (Lipinski definition) is 2. The number of carbonyl (C=O) groups excluding carboxylic acids is 2. The number of benzene rings is 1. The Kier molecular flexibility index (Phi) is 6.54. The first kappa shape index (κ1) is 21.0. The van der Waals surface area contributed by atoms with Gasteiger partial charge in [0.1, 0.15) is 0 Å². The molecule has 2 heterocycles. The fraction of sp³-hybridized carbons (Fsp3) is 0.636. The molecule has 2 aliphatic heterocycles. The van der Waals surface area contributed by atoms with E-state index in [1.165, 1.54) is 0 Å². The number of likely N-dealkylation sites (tertiary alicyclic amines) is 2. The number of nitrogens with zero attached hydrogens (tertiary/aromatic N) is 2. The van der Waals surface area contributed by atoms with Crippen molar-refractivity contribution in [3.63, 3.8) is 0 Å². The van der Waals surface area contributed by atoms with E-state index in [9.17, 15) is 9.59 Å². The number of aryl methyl sites for hydroxylation is 1. The Labute approximate surface area is 173 Å². The molecule has 2 aliphatic rings. The third kappa shape index (κ3) is 4.99. The summed E-state index contributed by atoms with van der Waals surface area (Å²) in [5, 5.41) is 3.64. The van der Waals surface area contributed by atoms with Crippen LogP contribution in [0.1, 0.15) is 51.5 Å². The highest BCUT2D eigenvalue weighted by atomic mass is 35.5. The summed E-state index contributed by atoms with van der Waals surface area (Å²) in [5.41, 5.74) is 1.74. The number of nitrogens with one attached hydrogen (secondary N) is 1. The molecule has 2 saturated heterocycles. The van der Waals surface area contributed by atoms with E-state index in [2.05, 4.69) is 19.2 Å². The summed E-state index contributed by atoms with van der Waals surface area (Å²) < 4.78 is 0. The van der Waals surface area contributed by atoms with Crippen LogP contribution in [0.2, 0.25) is 5.02 Å². The van der Waals surface area contributed by atoms with Gasteiger partial charge >= 0.3 is 6.03 Å². The Balaban J connectivity index is 1.64. The van der Waals surface area contributed by atoms with E-state index in [-0.39, 0.29) is 17.4 Å². The molecule has 28 heavy (non-hydrogen) atoms. The van der Waals surface area contributed by atoms with Gasteiger partial charge in [0, 0.05) is 48.7 Å². The van der Waals surface area contributed by atoms with Crippen LogP contribution >= 0.6 is 11.6 Å². The minimum atomic E-state index is -0.0791. The van der Waals surface area contributed by atoms with Gasteiger partial charge in [-0.3, -0.25) is 4.79 Å². The highest BCUT2D eigenvalue weighted by Gasteiger charge is 2.42. The van der Waals surface area contributed by atoms with Crippen LogP contribution in [0.4, 0.5) is 10.5 Å². The summed E-state index contributed by atoms with van der Waals surface area (Å²) in [6, 6.07) is 5.51. The van der Waals surface area contributed by atoms with Crippen molar-refractivity contribution in [1.82, 2.24) is 9.80 Å². The second kappa shape index (κ2) is 8.73. The Morgan fingerprint density at radius 1 is 1.29 bits per heavy atom. The third-order valence-corrected chi connectivity index (χ3v) is 6.50. The highest BCUT2D eigenvalue weighted by Crippen LogP contribution is 2.39. The van der Waals surface area contributed by atoms with Crippen LogP contribution in [0.25, 0.3) is 0 Å². The monoisotopic (exact) mass is 405 g/mol. The molecule has 1 aromatic rings. The summed E-state index contributed by atoms with van der Waals surface area (Å²) >= 11 is 6.18. The predicted octanol–water partition coefficient (Wildman–Crippen LogP) is 4.93. The van der Waals surface area contributed by atoms with Gasteiger partial charge in [0.25, 0.3) is 0 Å². The first-order chi connectivity index (χ1) is 13.3. The van der Waals surface area contributed by atoms with E-state index in [1.54, 1.807) is 6.07 Å². The van der Waals surface area contributed by atoms with Crippen LogP contribution in [-0.4, -0.2) is 47.9 Å². The number of rotatable bonds is 4. The third-order valence-electron chi connectivity index (χ3n) is 6.10. The summed E-state index contributed by atoms with van der Waals surface area (Å²) in [6.45, 7) is 9.39. The van der Waals surface area contributed by atoms with Gasteiger partial charge in [0.15, 0.2) is 0 Å². The van der Waals surface area contributed by atoms with Crippen LogP contribution in [0.5, 0.6) is 0 Å². The molecule has 2 fully saturated rings. The Morgan fingerprint density at radius 3 is 2.79 bits per heavy atom. The quantitative estimate of drug-likeness (QED) is 0.771. The van der Waals surface area contributed by atoms with Crippen molar-refractivity contribution in [2.75, 3.05) is 31.5 Å². The molecule has 0 aliphatic carbocycles. The van der Waals surface area contributed by atoms with E-state index in [4.69, 9.17) is 11.6 Å². The van der Waals surface area contributed by atoms with Gasteiger partial charge in [-0.25, -0.2) is 4.79 Å². The van der Waals surface area contributed by atoms with Crippen molar-refractivity contribution >= 4 is 29.2 Å². The lowest BCUT2D eigenvalue weighted by atomic mass is 9.73. The minimum absolute atomic E-state index is 0.0331. The van der Waals surface area contributed by atoms with Crippen LogP contribution < -0.4 is 5.32 Å². The van der Waals surface area contributed by atoms with Gasteiger partial charge in [-0.2, -0.15) is 0 Å². The van der Waals surface area contributed by atoms with Crippen molar-refractivity contribution in [2.24, 2.45) is 11.3 Å². The first-order valence-corrected chi connectivity index (χ1v) is 10.8. The zero-order chi connectivity index (χ0) is 20.3. The SMILES string of the molecule is Cc1ccc(NC(=O)N2CCCC3(CCC(=O)N(CCC(C)C)C3)C2)cc1Cl. The molecule has 3 amide bonds.